The van der Waals surface area contributed by atoms with Crippen LogP contribution < -0.4 is 5.43 Å². The predicted octanol–water partition coefficient (Wildman–Crippen LogP) is 3.33. The quantitative estimate of drug-likeness (QED) is 0.717. The first kappa shape index (κ1) is 12.0. The largest absolute Gasteiger partial charge is 0.469 e. The zero-order valence-corrected chi connectivity index (χ0v) is 9.71. The summed E-state index contributed by atoms with van der Waals surface area (Å²) in [5.41, 5.74) is 1.04. The summed E-state index contributed by atoms with van der Waals surface area (Å²) in [5, 5.41) is 0. The van der Waals surface area contributed by atoms with E-state index in [9.17, 15) is 4.79 Å². The molecule has 1 heterocycles. The Hall–Kier alpha value is -1.05. The summed E-state index contributed by atoms with van der Waals surface area (Å²) in [4.78, 5) is 11.6. The van der Waals surface area contributed by atoms with Crippen LogP contribution in [0.25, 0.3) is 0 Å². The molecule has 0 aliphatic rings. The highest BCUT2D eigenvalue weighted by Crippen LogP contribution is 2.11. The van der Waals surface area contributed by atoms with Crippen LogP contribution in [0.15, 0.2) is 21.5 Å². The lowest BCUT2D eigenvalue weighted by Gasteiger charge is -2.05. The standard InChI is InChI=1S/C13H20O2/c1-3-5-7-11-12(14)9-10-15-13(11)8-6-4-2/h9-10H,3-8H2,1-2H3. The van der Waals surface area contributed by atoms with E-state index < -0.39 is 0 Å². The summed E-state index contributed by atoms with van der Waals surface area (Å²) in [5.74, 6) is 0.901. The molecule has 0 bridgehead atoms. The van der Waals surface area contributed by atoms with Gasteiger partial charge in [-0.15, -0.1) is 0 Å². The molecule has 84 valence electrons. The van der Waals surface area contributed by atoms with Gasteiger partial charge in [0.15, 0.2) is 5.43 Å². The molecule has 0 spiro atoms. The molecule has 0 N–H and O–H groups in total. The molecule has 0 atom stereocenters. The second-order valence-electron chi connectivity index (χ2n) is 3.89. The molecule has 1 rings (SSSR count). The van der Waals surface area contributed by atoms with Gasteiger partial charge < -0.3 is 4.42 Å². The maximum absolute atomic E-state index is 11.6. The van der Waals surface area contributed by atoms with E-state index >= 15 is 0 Å². The number of rotatable bonds is 6. The Labute approximate surface area is 91.3 Å². The second-order valence-corrected chi connectivity index (χ2v) is 3.89. The van der Waals surface area contributed by atoms with E-state index in [1.54, 1.807) is 0 Å². The number of hydrogen-bond acceptors (Lipinski definition) is 2. The van der Waals surface area contributed by atoms with Gasteiger partial charge in [0.1, 0.15) is 5.76 Å². The Morgan fingerprint density at radius 3 is 2.47 bits per heavy atom. The van der Waals surface area contributed by atoms with Gasteiger partial charge in [-0.1, -0.05) is 26.7 Å². The lowest BCUT2D eigenvalue weighted by atomic mass is 10.0. The number of aryl methyl sites for hydroxylation is 1. The zero-order valence-electron chi connectivity index (χ0n) is 9.71. The third-order valence-electron chi connectivity index (χ3n) is 2.60. The van der Waals surface area contributed by atoms with Crippen molar-refractivity contribution in [2.75, 3.05) is 0 Å². The van der Waals surface area contributed by atoms with E-state index in [4.69, 9.17) is 4.42 Å². The highest BCUT2D eigenvalue weighted by atomic mass is 16.3. The first-order chi connectivity index (χ1) is 7.29. The van der Waals surface area contributed by atoms with Crippen LogP contribution >= 0.6 is 0 Å². The fourth-order valence-corrected chi connectivity index (χ4v) is 1.65. The van der Waals surface area contributed by atoms with Crippen molar-refractivity contribution in [3.05, 3.63) is 33.9 Å². The van der Waals surface area contributed by atoms with Crippen LogP contribution in [0.3, 0.4) is 0 Å². The lowest BCUT2D eigenvalue weighted by molar-refractivity contribution is 0.471. The molecule has 0 saturated heterocycles. The smallest absolute Gasteiger partial charge is 0.188 e. The average Bonchev–Trinajstić information content (AvgIpc) is 2.25. The minimum Gasteiger partial charge on any atom is -0.469 e. The summed E-state index contributed by atoms with van der Waals surface area (Å²) in [7, 11) is 0. The van der Waals surface area contributed by atoms with Gasteiger partial charge in [-0.05, 0) is 19.3 Å². The summed E-state index contributed by atoms with van der Waals surface area (Å²) in [6.45, 7) is 4.28. The summed E-state index contributed by atoms with van der Waals surface area (Å²) in [6.07, 6.45) is 7.67. The Morgan fingerprint density at radius 2 is 1.80 bits per heavy atom. The number of unbranched alkanes of at least 4 members (excludes halogenated alkanes) is 2. The third kappa shape index (κ3) is 3.54. The van der Waals surface area contributed by atoms with Crippen LogP contribution in [0.2, 0.25) is 0 Å². The Balaban J connectivity index is 2.82. The Bertz CT molecular complexity index is 339. The van der Waals surface area contributed by atoms with Crippen LogP contribution in [0.4, 0.5) is 0 Å². The van der Waals surface area contributed by atoms with Gasteiger partial charge in [-0.2, -0.15) is 0 Å². The van der Waals surface area contributed by atoms with Gasteiger partial charge in [0.2, 0.25) is 0 Å². The van der Waals surface area contributed by atoms with Crippen LogP contribution in [-0.4, -0.2) is 0 Å². The maximum atomic E-state index is 11.6. The fraction of sp³-hybridized carbons (Fsp3) is 0.615. The van der Waals surface area contributed by atoms with Crippen molar-refractivity contribution >= 4 is 0 Å². The topological polar surface area (TPSA) is 30.2 Å². The SMILES string of the molecule is CCCCc1occc(=O)c1CCCC. The molecule has 2 nitrogen and oxygen atoms in total. The molecule has 0 aliphatic heterocycles. The van der Waals surface area contributed by atoms with Crippen molar-refractivity contribution in [1.82, 2.24) is 0 Å². The molecule has 15 heavy (non-hydrogen) atoms. The fourth-order valence-electron chi connectivity index (χ4n) is 1.65. The molecule has 0 saturated carbocycles. The van der Waals surface area contributed by atoms with Crippen LogP contribution in [-0.2, 0) is 12.8 Å². The molecular weight excluding hydrogens is 188 g/mol. The molecule has 0 aliphatic carbocycles. The van der Waals surface area contributed by atoms with E-state index in [2.05, 4.69) is 13.8 Å². The minimum atomic E-state index is 0.140. The van der Waals surface area contributed by atoms with Crippen molar-refractivity contribution in [3.63, 3.8) is 0 Å². The Kier molecular flexibility index (Phi) is 5.16. The van der Waals surface area contributed by atoms with Crippen LogP contribution in [0.5, 0.6) is 0 Å². The van der Waals surface area contributed by atoms with Crippen molar-refractivity contribution in [2.24, 2.45) is 0 Å². The summed E-state index contributed by atoms with van der Waals surface area (Å²) >= 11 is 0. The molecule has 0 amide bonds. The van der Waals surface area contributed by atoms with E-state index in [0.717, 1.165) is 49.8 Å². The van der Waals surface area contributed by atoms with Crippen LogP contribution in [0.1, 0.15) is 50.9 Å². The average molecular weight is 208 g/mol. The monoisotopic (exact) mass is 208 g/mol. The van der Waals surface area contributed by atoms with Gasteiger partial charge in [-0.25, -0.2) is 0 Å². The maximum Gasteiger partial charge on any atom is 0.188 e. The molecule has 0 radical (unpaired) electrons. The highest BCUT2D eigenvalue weighted by molar-refractivity contribution is 5.17. The summed E-state index contributed by atoms with van der Waals surface area (Å²) in [6, 6.07) is 1.53. The van der Waals surface area contributed by atoms with Crippen molar-refractivity contribution in [2.45, 2.75) is 52.4 Å². The van der Waals surface area contributed by atoms with E-state index in [1.807, 2.05) is 0 Å². The second kappa shape index (κ2) is 6.44. The lowest BCUT2D eigenvalue weighted by Crippen LogP contribution is -2.10. The molecular formula is C13H20O2. The molecule has 1 aromatic heterocycles. The molecule has 1 aromatic rings. The van der Waals surface area contributed by atoms with E-state index in [1.165, 1.54) is 12.3 Å². The normalized spacial score (nSPS) is 10.5. The van der Waals surface area contributed by atoms with E-state index in [0.29, 0.717) is 0 Å². The van der Waals surface area contributed by atoms with Gasteiger partial charge in [0.25, 0.3) is 0 Å². The zero-order chi connectivity index (χ0) is 11.1. The minimum absolute atomic E-state index is 0.140. The van der Waals surface area contributed by atoms with Gasteiger partial charge in [0.05, 0.1) is 6.26 Å². The van der Waals surface area contributed by atoms with Crippen molar-refractivity contribution in [3.8, 4) is 0 Å². The number of hydrogen-bond donors (Lipinski definition) is 0. The van der Waals surface area contributed by atoms with Crippen molar-refractivity contribution in [1.29, 1.82) is 0 Å². The molecule has 0 unspecified atom stereocenters. The van der Waals surface area contributed by atoms with Gasteiger partial charge in [-0.3, -0.25) is 4.79 Å². The van der Waals surface area contributed by atoms with Crippen molar-refractivity contribution < 1.29 is 4.42 Å². The molecule has 0 aromatic carbocycles. The first-order valence-corrected chi connectivity index (χ1v) is 5.89. The van der Waals surface area contributed by atoms with Crippen LogP contribution in [0, 0.1) is 0 Å². The third-order valence-corrected chi connectivity index (χ3v) is 2.60. The van der Waals surface area contributed by atoms with Gasteiger partial charge >= 0.3 is 0 Å². The molecule has 2 heteroatoms. The molecule has 0 fully saturated rings. The Morgan fingerprint density at radius 1 is 1.13 bits per heavy atom. The predicted molar refractivity (Wildman–Crippen MR) is 62.2 cm³/mol. The first-order valence-electron chi connectivity index (χ1n) is 5.89. The van der Waals surface area contributed by atoms with Gasteiger partial charge in [0, 0.05) is 18.1 Å². The van der Waals surface area contributed by atoms with E-state index in [-0.39, 0.29) is 5.43 Å². The summed E-state index contributed by atoms with van der Waals surface area (Å²) < 4.78 is 5.44. The highest BCUT2D eigenvalue weighted by Gasteiger charge is 2.07.